The van der Waals surface area contributed by atoms with Crippen molar-refractivity contribution < 1.29 is 14.4 Å². The van der Waals surface area contributed by atoms with Gasteiger partial charge in [0.25, 0.3) is 0 Å². The molecule has 2 aromatic heterocycles. The van der Waals surface area contributed by atoms with Crippen LogP contribution in [0.25, 0.3) is 11.0 Å². The molecule has 6 heteroatoms. The molecule has 0 radical (unpaired) electrons. The van der Waals surface area contributed by atoms with Crippen molar-refractivity contribution in [1.29, 1.82) is 0 Å². The van der Waals surface area contributed by atoms with Gasteiger partial charge in [-0.1, -0.05) is 5.16 Å². The molecule has 1 aromatic carbocycles. The molecular formula is C14H13N3O3. The summed E-state index contributed by atoms with van der Waals surface area (Å²) in [5, 5.41) is 12.9. The Bertz CT molecular complexity index is 801. The summed E-state index contributed by atoms with van der Waals surface area (Å²) in [5.74, 6) is 0.591. The molecule has 0 fully saturated rings. The summed E-state index contributed by atoms with van der Waals surface area (Å²) in [6.45, 7) is 4.27. The van der Waals surface area contributed by atoms with E-state index in [2.05, 4.69) is 10.1 Å². The van der Waals surface area contributed by atoms with Gasteiger partial charge in [-0.15, -0.1) is 0 Å². The molecule has 0 aliphatic rings. The van der Waals surface area contributed by atoms with Gasteiger partial charge in [0, 0.05) is 6.07 Å². The van der Waals surface area contributed by atoms with E-state index in [1.807, 2.05) is 24.5 Å². The number of carbonyl (C=O) groups is 1. The predicted molar refractivity (Wildman–Crippen MR) is 71.8 cm³/mol. The lowest BCUT2D eigenvalue weighted by atomic mass is 10.2. The van der Waals surface area contributed by atoms with Crippen LogP contribution in [0, 0.1) is 13.8 Å². The van der Waals surface area contributed by atoms with Gasteiger partial charge in [0.15, 0.2) is 5.76 Å². The van der Waals surface area contributed by atoms with E-state index in [1.54, 1.807) is 18.2 Å². The van der Waals surface area contributed by atoms with Gasteiger partial charge in [0.05, 0.1) is 28.8 Å². The normalized spacial score (nSPS) is 11.1. The zero-order valence-electron chi connectivity index (χ0n) is 11.1. The summed E-state index contributed by atoms with van der Waals surface area (Å²) < 4.78 is 7.18. The zero-order valence-corrected chi connectivity index (χ0v) is 11.1. The fraction of sp³-hybridized carbons (Fsp3) is 0.214. The highest BCUT2D eigenvalue weighted by Crippen LogP contribution is 2.19. The van der Waals surface area contributed by atoms with Gasteiger partial charge in [-0.2, -0.15) is 0 Å². The molecule has 102 valence electrons. The zero-order chi connectivity index (χ0) is 14.3. The summed E-state index contributed by atoms with van der Waals surface area (Å²) in [5.41, 5.74) is 2.60. The van der Waals surface area contributed by atoms with E-state index in [-0.39, 0.29) is 5.56 Å². The van der Waals surface area contributed by atoms with Crippen LogP contribution in [0.1, 0.15) is 27.6 Å². The molecule has 0 aliphatic carbocycles. The number of hydrogen-bond donors (Lipinski definition) is 1. The first-order valence-corrected chi connectivity index (χ1v) is 6.17. The molecule has 2 heterocycles. The van der Waals surface area contributed by atoms with Crippen LogP contribution in [0.3, 0.4) is 0 Å². The predicted octanol–water partition coefficient (Wildman–Crippen LogP) is 2.39. The topological polar surface area (TPSA) is 81.2 Å². The highest BCUT2D eigenvalue weighted by atomic mass is 16.5. The Morgan fingerprint density at radius 3 is 2.80 bits per heavy atom. The first-order valence-electron chi connectivity index (χ1n) is 6.17. The van der Waals surface area contributed by atoms with E-state index in [9.17, 15) is 4.79 Å². The Hall–Kier alpha value is -2.63. The monoisotopic (exact) mass is 271 g/mol. The second kappa shape index (κ2) is 4.48. The standard InChI is InChI=1S/C14H13N3O3/c1-8-5-11(20-16-8)7-17-9(2)15-12-6-10(14(18)19)3-4-13(12)17/h3-6H,7H2,1-2H3,(H,18,19). The maximum absolute atomic E-state index is 11.0. The van der Waals surface area contributed by atoms with Crippen LogP contribution in [0.15, 0.2) is 28.8 Å². The average Bonchev–Trinajstić information content (AvgIpc) is 2.94. The minimum absolute atomic E-state index is 0.234. The molecule has 20 heavy (non-hydrogen) atoms. The van der Waals surface area contributed by atoms with Gasteiger partial charge >= 0.3 is 5.97 Å². The second-order valence-corrected chi connectivity index (χ2v) is 4.69. The SMILES string of the molecule is Cc1cc(Cn2c(C)nc3cc(C(=O)O)ccc32)on1. The number of aromatic nitrogens is 3. The highest BCUT2D eigenvalue weighted by molar-refractivity contribution is 5.92. The number of rotatable bonds is 3. The lowest BCUT2D eigenvalue weighted by Gasteiger charge is -2.03. The molecule has 0 unspecified atom stereocenters. The van der Waals surface area contributed by atoms with Crippen LogP contribution in [0.4, 0.5) is 0 Å². The van der Waals surface area contributed by atoms with Crippen molar-refractivity contribution in [3.63, 3.8) is 0 Å². The van der Waals surface area contributed by atoms with E-state index in [0.717, 1.165) is 22.8 Å². The number of carboxylic acids is 1. The first kappa shape index (κ1) is 12.4. The van der Waals surface area contributed by atoms with Crippen molar-refractivity contribution in [3.05, 3.63) is 47.1 Å². The largest absolute Gasteiger partial charge is 0.478 e. The van der Waals surface area contributed by atoms with Gasteiger partial charge in [-0.3, -0.25) is 0 Å². The van der Waals surface area contributed by atoms with Crippen LogP contribution < -0.4 is 0 Å². The van der Waals surface area contributed by atoms with Gasteiger partial charge in [0.1, 0.15) is 5.82 Å². The van der Waals surface area contributed by atoms with Gasteiger partial charge in [-0.05, 0) is 32.0 Å². The van der Waals surface area contributed by atoms with Gasteiger partial charge < -0.3 is 14.2 Å². The summed E-state index contributed by atoms with van der Waals surface area (Å²) in [7, 11) is 0. The second-order valence-electron chi connectivity index (χ2n) is 4.69. The number of aryl methyl sites for hydroxylation is 2. The number of imidazole rings is 1. The Morgan fingerprint density at radius 2 is 2.15 bits per heavy atom. The number of hydrogen-bond acceptors (Lipinski definition) is 4. The van der Waals surface area contributed by atoms with Gasteiger partial charge in [0.2, 0.25) is 0 Å². The minimum atomic E-state index is -0.954. The Morgan fingerprint density at radius 1 is 1.35 bits per heavy atom. The van der Waals surface area contributed by atoms with Crippen molar-refractivity contribution in [2.75, 3.05) is 0 Å². The maximum atomic E-state index is 11.0. The number of aromatic carboxylic acids is 1. The summed E-state index contributed by atoms with van der Waals surface area (Å²) in [6, 6.07) is 6.79. The molecule has 0 saturated carbocycles. The fourth-order valence-electron chi connectivity index (χ4n) is 2.23. The lowest BCUT2D eigenvalue weighted by Crippen LogP contribution is -2.01. The smallest absolute Gasteiger partial charge is 0.335 e. The molecule has 0 spiro atoms. The lowest BCUT2D eigenvalue weighted by molar-refractivity contribution is 0.0697. The van der Waals surface area contributed by atoms with Gasteiger partial charge in [-0.25, -0.2) is 9.78 Å². The van der Waals surface area contributed by atoms with Crippen LogP contribution >= 0.6 is 0 Å². The third kappa shape index (κ3) is 2.05. The Balaban J connectivity index is 2.06. The molecule has 0 aliphatic heterocycles. The summed E-state index contributed by atoms with van der Waals surface area (Å²) >= 11 is 0. The van der Waals surface area contributed by atoms with E-state index in [4.69, 9.17) is 9.63 Å². The van der Waals surface area contributed by atoms with E-state index in [0.29, 0.717) is 12.1 Å². The third-order valence-corrected chi connectivity index (χ3v) is 3.18. The number of carboxylic acid groups (broad SMARTS) is 1. The van der Waals surface area contributed by atoms with Crippen molar-refractivity contribution in [2.45, 2.75) is 20.4 Å². The number of benzene rings is 1. The number of nitrogens with zero attached hydrogens (tertiary/aromatic N) is 3. The molecular weight excluding hydrogens is 258 g/mol. The molecule has 0 atom stereocenters. The van der Waals surface area contributed by atoms with Crippen LogP contribution in [0.2, 0.25) is 0 Å². The highest BCUT2D eigenvalue weighted by Gasteiger charge is 2.12. The fourth-order valence-corrected chi connectivity index (χ4v) is 2.23. The summed E-state index contributed by atoms with van der Waals surface area (Å²) in [6.07, 6.45) is 0. The first-order chi connectivity index (χ1) is 9.54. The average molecular weight is 271 g/mol. The van der Waals surface area contributed by atoms with Crippen molar-refractivity contribution in [1.82, 2.24) is 14.7 Å². The minimum Gasteiger partial charge on any atom is -0.478 e. The quantitative estimate of drug-likeness (QED) is 0.791. The van der Waals surface area contributed by atoms with Crippen molar-refractivity contribution in [2.24, 2.45) is 0 Å². The molecule has 3 rings (SSSR count). The molecule has 0 amide bonds. The Labute approximate surface area is 114 Å². The van der Waals surface area contributed by atoms with Crippen molar-refractivity contribution >= 4 is 17.0 Å². The molecule has 3 aromatic rings. The molecule has 1 N–H and O–H groups in total. The van der Waals surface area contributed by atoms with E-state index in [1.165, 1.54) is 0 Å². The van der Waals surface area contributed by atoms with E-state index < -0.39 is 5.97 Å². The van der Waals surface area contributed by atoms with Crippen LogP contribution in [0.5, 0.6) is 0 Å². The molecule has 6 nitrogen and oxygen atoms in total. The number of fused-ring (bicyclic) bond motifs is 1. The molecule has 0 bridgehead atoms. The van der Waals surface area contributed by atoms with Crippen molar-refractivity contribution in [3.8, 4) is 0 Å². The van der Waals surface area contributed by atoms with Crippen LogP contribution in [-0.2, 0) is 6.54 Å². The molecule has 0 saturated heterocycles. The Kier molecular flexibility index (Phi) is 2.78. The van der Waals surface area contributed by atoms with E-state index >= 15 is 0 Å². The van der Waals surface area contributed by atoms with Crippen LogP contribution in [-0.4, -0.2) is 25.8 Å². The third-order valence-electron chi connectivity index (χ3n) is 3.18. The maximum Gasteiger partial charge on any atom is 0.335 e. The summed E-state index contributed by atoms with van der Waals surface area (Å²) in [4.78, 5) is 15.4.